The van der Waals surface area contributed by atoms with Crippen LogP contribution >= 0.6 is 11.8 Å². The molecule has 8 heteroatoms. The number of hydrogen-bond donors (Lipinski definition) is 1. The van der Waals surface area contributed by atoms with Crippen molar-refractivity contribution in [1.29, 1.82) is 0 Å². The monoisotopic (exact) mass is 418 g/mol. The molecule has 1 N–H and O–H groups in total. The Morgan fingerprint density at radius 2 is 1.83 bits per heavy atom. The van der Waals surface area contributed by atoms with Gasteiger partial charge in [-0.15, -0.1) is 10.2 Å². The van der Waals surface area contributed by atoms with Crippen LogP contribution in [0.1, 0.15) is 24.4 Å². The first-order valence-corrected chi connectivity index (χ1v) is 10.6. The van der Waals surface area contributed by atoms with Gasteiger partial charge in [-0.1, -0.05) is 42.1 Å². The molecule has 2 aromatic carbocycles. The first kappa shape index (κ1) is 19.9. The van der Waals surface area contributed by atoms with Gasteiger partial charge in [0.25, 0.3) is 0 Å². The van der Waals surface area contributed by atoms with Crippen LogP contribution in [0.15, 0.2) is 78.5 Å². The van der Waals surface area contributed by atoms with Crippen LogP contribution in [0, 0.1) is 6.92 Å². The van der Waals surface area contributed by atoms with Crippen LogP contribution in [-0.2, 0) is 4.79 Å². The van der Waals surface area contributed by atoms with Gasteiger partial charge in [0.1, 0.15) is 5.82 Å². The summed E-state index contributed by atoms with van der Waals surface area (Å²) in [5, 5.41) is 12.1. The summed E-state index contributed by atoms with van der Waals surface area (Å²) in [5.74, 6) is 1.00. The van der Waals surface area contributed by atoms with Crippen LogP contribution < -0.4 is 5.32 Å². The average molecular weight is 419 g/mol. The van der Waals surface area contributed by atoms with Crippen LogP contribution in [0.25, 0.3) is 11.4 Å². The third kappa shape index (κ3) is 4.44. The van der Waals surface area contributed by atoms with Gasteiger partial charge in [-0.3, -0.25) is 9.36 Å². The van der Waals surface area contributed by atoms with E-state index in [2.05, 4.69) is 20.5 Å². The van der Waals surface area contributed by atoms with Crippen LogP contribution in [0.4, 0.5) is 0 Å². The second-order valence-corrected chi connectivity index (χ2v) is 7.78. The molecule has 2 aromatic heterocycles. The highest BCUT2D eigenvalue weighted by Gasteiger charge is 2.15. The van der Waals surface area contributed by atoms with Gasteiger partial charge >= 0.3 is 0 Å². The van der Waals surface area contributed by atoms with Crippen molar-refractivity contribution in [2.75, 3.05) is 5.75 Å². The third-order valence-corrected chi connectivity index (χ3v) is 5.64. The van der Waals surface area contributed by atoms with E-state index in [-0.39, 0.29) is 17.7 Å². The molecule has 0 aliphatic rings. The fourth-order valence-corrected chi connectivity index (χ4v) is 3.96. The number of nitrogens with one attached hydrogen (secondary N) is 1. The number of nitrogens with zero attached hydrogens (tertiary/aromatic N) is 5. The molecule has 0 aliphatic carbocycles. The highest BCUT2D eigenvalue weighted by Crippen LogP contribution is 2.22. The molecule has 1 atom stereocenters. The predicted octanol–water partition coefficient (Wildman–Crippen LogP) is 3.73. The Kier molecular flexibility index (Phi) is 5.94. The highest BCUT2D eigenvalue weighted by atomic mass is 32.2. The SMILES string of the molecule is Cc1nnc(SCC(=O)NC(C)c2ccc(-n3ccnc3)cc2)n1-c1ccccc1. The van der Waals surface area contributed by atoms with Crippen molar-refractivity contribution in [3.63, 3.8) is 0 Å². The molecule has 7 nitrogen and oxygen atoms in total. The van der Waals surface area contributed by atoms with Gasteiger partial charge < -0.3 is 9.88 Å². The van der Waals surface area contributed by atoms with E-state index in [4.69, 9.17) is 0 Å². The molecule has 4 aromatic rings. The molecule has 30 heavy (non-hydrogen) atoms. The first-order valence-electron chi connectivity index (χ1n) is 9.59. The fourth-order valence-electron chi connectivity index (χ4n) is 3.15. The van der Waals surface area contributed by atoms with Crippen LogP contribution in [-0.4, -0.2) is 36.0 Å². The lowest BCUT2D eigenvalue weighted by Gasteiger charge is -2.15. The van der Waals surface area contributed by atoms with Crippen molar-refractivity contribution in [3.8, 4) is 11.4 Å². The number of aryl methyl sites for hydroxylation is 1. The molecule has 1 amide bonds. The van der Waals surface area contributed by atoms with Gasteiger partial charge in [0.15, 0.2) is 5.16 Å². The van der Waals surface area contributed by atoms with Crippen molar-refractivity contribution in [1.82, 2.24) is 29.6 Å². The normalized spacial score (nSPS) is 11.9. The van der Waals surface area contributed by atoms with E-state index in [9.17, 15) is 4.79 Å². The minimum absolute atomic E-state index is 0.0496. The number of aromatic nitrogens is 5. The maximum Gasteiger partial charge on any atom is 0.230 e. The number of thioether (sulfide) groups is 1. The van der Waals surface area contributed by atoms with E-state index in [0.29, 0.717) is 5.16 Å². The van der Waals surface area contributed by atoms with Crippen molar-refractivity contribution in [2.24, 2.45) is 0 Å². The van der Waals surface area contributed by atoms with Gasteiger partial charge in [-0.05, 0) is 43.7 Å². The summed E-state index contributed by atoms with van der Waals surface area (Å²) in [7, 11) is 0. The minimum Gasteiger partial charge on any atom is -0.349 e. The summed E-state index contributed by atoms with van der Waals surface area (Å²) in [5.41, 5.74) is 3.05. The number of amides is 1. The number of carbonyl (C=O) groups excluding carboxylic acids is 1. The molecular weight excluding hydrogens is 396 g/mol. The number of hydrogen-bond acceptors (Lipinski definition) is 5. The molecule has 4 rings (SSSR count). The van der Waals surface area contributed by atoms with Gasteiger partial charge in [0.05, 0.1) is 18.1 Å². The van der Waals surface area contributed by atoms with Crippen LogP contribution in [0.2, 0.25) is 0 Å². The summed E-state index contributed by atoms with van der Waals surface area (Å²) in [6, 6.07) is 17.9. The fraction of sp³-hybridized carbons (Fsp3) is 0.182. The lowest BCUT2D eigenvalue weighted by Crippen LogP contribution is -2.28. The highest BCUT2D eigenvalue weighted by molar-refractivity contribution is 7.99. The Hall–Kier alpha value is -3.39. The van der Waals surface area contributed by atoms with Crippen molar-refractivity contribution in [2.45, 2.75) is 25.0 Å². The van der Waals surface area contributed by atoms with Crippen molar-refractivity contribution >= 4 is 17.7 Å². The minimum atomic E-state index is -0.0938. The van der Waals surface area contributed by atoms with E-state index in [1.54, 1.807) is 12.5 Å². The Morgan fingerprint density at radius 3 is 2.53 bits per heavy atom. The molecule has 1 unspecified atom stereocenters. The van der Waals surface area contributed by atoms with Gasteiger partial charge in [-0.25, -0.2) is 4.98 Å². The predicted molar refractivity (Wildman–Crippen MR) is 117 cm³/mol. The molecule has 0 bridgehead atoms. The second kappa shape index (κ2) is 8.96. The Bertz CT molecular complexity index is 1110. The standard InChI is InChI=1S/C22H22N6OS/c1-16(18-8-10-19(11-9-18)27-13-12-23-15-27)24-21(29)14-30-22-26-25-17(2)28(22)20-6-4-3-5-7-20/h3-13,15-16H,14H2,1-2H3,(H,24,29). The van der Waals surface area contributed by atoms with Gasteiger partial charge in [-0.2, -0.15) is 0 Å². The lowest BCUT2D eigenvalue weighted by atomic mass is 10.1. The summed E-state index contributed by atoms with van der Waals surface area (Å²) < 4.78 is 3.89. The quantitative estimate of drug-likeness (QED) is 0.463. The Balaban J connectivity index is 1.36. The number of rotatable bonds is 7. The maximum atomic E-state index is 12.5. The Morgan fingerprint density at radius 1 is 1.07 bits per heavy atom. The first-order chi connectivity index (χ1) is 14.6. The molecule has 0 saturated heterocycles. The van der Waals surface area contributed by atoms with Crippen LogP contribution in [0.5, 0.6) is 0 Å². The summed E-state index contributed by atoms with van der Waals surface area (Å²) in [4.78, 5) is 16.6. The number of benzene rings is 2. The van der Waals surface area contributed by atoms with E-state index in [1.807, 2.05) is 83.8 Å². The average Bonchev–Trinajstić information content (AvgIpc) is 3.43. The number of para-hydroxylation sites is 1. The maximum absolute atomic E-state index is 12.5. The number of imidazole rings is 1. The smallest absolute Gasteiger partial charge is 0.230 e. The van der Waals surface area contributed by atoms with Crippen molar-refractivity contribution < 1.29 is 4.79 Å². The summed E-state index contributed by atoms with van der Waals surface area (Å²) in [6.07, 6.45) is 5.40. The summed E-state index contributed by atoms with van der Waals surface area (Å²) in [6.45, 7) is 3.88. The molecule has 0 aliphatic heterocycles. The zero-order valence-electron chi connectivity index (χ0n) is 16.8. The molecule has 0 fully saturated rings. The van der Waals surface area contributed by atoms with E-state index in [1.165, 1.54) is 11.8 Å². The summed E-state index contributed by atoms with van der Waals surface area (Å²) >= 11 is 1.38. The zero-order chi connectivity index (χ0) is 20.9. The van der Waals surface area contributed by atoms with E-state index in [0.717, 1.165) is 22.8 Å². The molecule has 0 saturated carbocycles. The zero-order valence-corrected chi connectivity index (χ0v) is 17.6. The van der Waals surface area contributed by atoms with Gasteiger partial charge in [0, 0.05) is 23.8 Å². The van der Waals surface area contributed by atoms with E-state index >= 15 is 0 Å². The largest absolute Gasteiger partial charge is 0.349 e. The molecular formula is C22H22N6OS. The van der Waals surface area contributed by atoms with Crippen molar-refractivity contribution in [3.05, 3.63) is 84.7 Å². The topological polar surface area (TPSA) is 77.6 Å². The molecule has 0 radical (unpaired) electrons. The van der Waals surface area contributed by atoms with Crippen LogP contribution in [0.3, 0.4) is 0 Å². The molecule has 0 spiro atoms. The third-order valence-electron chi connectivity index (χ3n) is 4.72. The molecule has 2 heterocycles. The lowest BCUT2D eigenvalue weighted by molar-refractivity contribution is -0.119. The second-order valence-electron chi connectivity index (χ2n) is 6.84. The number of carbonyl (C=O) groups is 1. The molecule has 152 valence electrons. The van der Waals surface area contributed by atoms with Gasteiger partial charge in [0.2, 0.25) is 5.91 Å². The van der Waals surface area contributed by atoms with E-state index < -0.39 is 0 Å². The Labute approximate surface area is 179 Å².